The lowest BCUT2D eigenvalue weighted by Gasteiger charge is -2.32. The first-order valence-corrected chi connectivity index (χ1v) is 8.32. The maximum absolute atomic E-state index is 12.6. The van der Waals surface area contributed by atoms with Gasteiger partial charge in [0.25, 0.3) is 5.56 Å². The SMILES string of the molecule is CC[C@@H]1CCCN(C(=O)Cn2cnc3c2c(=O)n(C)c(=O)n3C)C1. The Balaban J connectivity index is 1.92. The van der Waals surface area contributed by atoms with E-state index in [2.05, 4.69) is 11.9 Å². The largest absolute Gasteiger partial charge is 0.341 e. The zero-order valence-electron chi connectivity index (χ0n) is 14.4. The number of carbonyl (C=O) groups is 1. The highest BCUT2D eigenvalue weighted by Gasteiger charge is 2.24. The van der Waals surface area contributed by atoms with Crippen LogP contribution in [-0.2, 0) is 25.4 Å². The van der Waals surface area contributed by atoms with Gasteiger partial charge in [0.05, 0.1) is 6.33 Å². The molecule has 0 aliphatic carbocycles. The van der Waals surface area contributed by atoms with Crippen molar-refractivity contribution in [3.8, 4) is 0 Å². The Labute approximate surface area is 139 Å². The quantitative estimate of drug-likeness (QED) is 0.797. The van der Waals surface area contributed by atoms with Gasteiger partial charge < -0.3 is 9.47 Å². The van der Waals surface area contributed by atoms with Crippen molar-refractivity contribution in [1.29, 1.82) is 0 Å². The number of hydrogen-bond acceptors (Lipinski definition) is 4. The Bertz CT molecular complexity index is 891. The number of amides is 1. The van der Waals surface area contributed by atoms with E-state index < -0.39 is 11.2 Å². The Kier molecular flexibility index (Phi) is 4.29. The van der Waals surface area contributed by atoms with Gasteiger partial charge >= 0.3 is 5.69 Å². The van der Waals surface area contributed by atoms with Gasteiger partial charge in [-0.2, -0.15) is 0 Å². The second-order valence-corrected chi connectivity index (χ2v) is 6.51. The first kappa shape index (κ1) is 16.5. The molecular weight excluding hydrogens is 310 g/mol. The van der Waals surface area contributed by atoms with Crippen LogP contribution in [0, 0.1) is 5.92 Å². The Morgan fingerprint density at radius 2 is 2.04 bits per heavy atom. The van der Waals surface area contributed by atoms with E-state index in [0.717, 1.165) is 36.9 Å². The van der Waals surface area contributed by atoms with Crippen molar-refractivity contribution < 1.29 is 4.79 Å². The van der Waals surface area contributed by atoms with Gasteiger partial charge in [0.1, 0.15) is 6.54 Å². The number of aromatic nitrogens is 4. The van der Waals surface area contributed by atoms with Crippen molar-refractivity contribution in [2.45, 2.75) is 32.7 Å². The molecule has 8 heteroatoms. The summed E-state index contributed by atoms with van der Waals surface area (Å²) < 4.78 is 3.92. The maximum Gasteiger partial charge on any atom is 0.332 e. The van der Waals surface area contributed by atoms with E-state index in [4.69, 9.17) is 0 Å². The fourth-order valence-electron chi connectivity index (χ4n) is 3.39. The van der Waals surface area contributed by atoms with Crippen LogP contribution in [0.25, 0.3) is 11.2 Å². The molecule has 24 heavy (non-hydrogen) atoms. The molecule has 0 N–H and O–H groups in total. The van der Waals surface area contributed by atoms with Crippen molar-refractivity contribution in [1.82, 2.24) is 23.6 Å². The number of fused-ring (bicyclic) bond motifs is 1. The second-order valence-electron chi connectivity index (χ2n) is 6.51. The van der Waals surface area contributed by atoms with Crippen LogP contribution < -0.4 is 11.2 Å². The zero-order chi connectivity index (χ0) is 17.4. The van der Waals surface area contributed by atoms with Gasteiger partial charge in [-0.1, -0.05) is 13.3 Å². The topological polar surface area (TPSA) is 82.1 Å². The average Bonchev–Trinajstić information content (AvgIpc) is 3.01. The molecule has 3 heterocycles. The minimum Gasteiger partial charge on any atom is -0.341 e. The molecule has 0 spiro atoms. The third-order valence-corrected chi connectivity index (χ3v) is 4.97. The van der Waals surface area contributed by atoms with Crippen LogP contribution in [0.15, 0.2) is 15.9 Å². The average molecular weight is 333 g/mol. The van der Waals surface area contributed by atoms with Crippen LogP contribution in [0.4, 0.5) is 0 Å². The molecule has 0 radical (unpaired) electrons. The number of likely N-dealkylation sites (tertiary alicyclic amines) is 1. The highest BCUT2D eigenvalue weighted by atomic mass is 16.2. The summed E-state index contributed by atoms with van der Waals surface area (Å²) in [4.78, 5) is 43.0. The van der Waals surface area contributed by atoms with Gasteiger partial charge in [-0.25, -0.2) is 9.78 Å². The molecule has 8 nitrogen and oxygen atoms in total. The van der Waals surface area contributed by atoms with Gasteiger partial charge in [-0.15, -0.1) is 0 Å². The summed E-state index contributed by atoms with van der Waals surface area (Å²) in [5.41, 5.74) is -0.257. The van der Waals surface area contributed by atoms with E-state index in [1.54, 1.807) is 11.6 Å². The summed E-state index contributed by atoms with van der Waals surface area (Å²) in [7, 11) is 3.00. The number of hydrogen-bond donors (Lipinski definition) is 0. The molecule has 2 aromatic heterocycles. The van der Waals surface area contributed by atoms with E-state index in [0.29, 0.717) is 11.6 Å². The first-order valence-electron chi connectivity index (χ1n) is 8.32. The highest BCUT2D eigenvalue weighted by molar-refractivity contribution is 5.79. The smallest absolute Gasteiger partial charge is 0.332 e. The number of piperidine rings is 1. The van der Waals surface area contributed by atoms with Crippen LogP contribution in [0.2, 0.25) is 0 Å². The van der Waals surface area contributed by atoms with Gasteiger partial charge in [0, 0.05) is 27.2 Å². The van der Waals surface area contributed by atoms with Gasteiger partial charge in [0.2, 0.25) is 5.91 Å². The van der Waals surface area contributed by atoms with Crippen molar-refractivity contribution in [2.75, 3.05) is 13.1 Å². The Morgan fingerprint density at radius 1 is 1.29 bits per heavy atom. The molecule has 1 aliphatic heterocycles. The summed E-state index contributed by atoms with van der Waals surface area (Å²) in [5.74, 6) is 0.541. The van der Waals surface area contributed by atoms with Crippen LogP contribution >= 0.6 is 0 Å². The number of carbonyl (C=O) groups excluding carboxylic acids is 1. The predicted molar refractivity (Wildman–Crippen MR) is 89.8 cm³/mol. The van der Waals surface area contributed by atoms with Crippen LogP contribution in [0.1, 0.15) is 26.2 Å². The van der Waals surface area contributed by atoms with E-state index in [-0.39, 0.29) is 18.0 Å². The molecule has 130 valence electrons. The third kappa shape index (κ3) is 2.65. The van der Waals surface area contributed by atoms with Crippen molar-refractivity contribution >= 4 is 17.1 Å². The number of aryl methyl sites for hydroxylation is 1. The first-order chi connectivity index (χ1) is 11.4. The molecule has 2 aromatic rings. The Hall–Kier alpha value is -2.38. The zero-order valence-corrected chi connectivity index (χ0v) is 14.4. The molecule has 0 unspecified atom stereocenters. The third-order valence-electron chi connectivity index (χ3n) is 4.97. The van der Waals surface area contributed by atoms with Gasteiger partial charge in [-0.05, 0) is 18.8 Å². The highest BCUT2D eigenvalue weighted by Crippen LogP contribution is 2.19. The minimum atomic E-state index is -0.427. The van der Waals surface area contributed by atoms with Crippen LogP contribution in [0.3, 0.4) is 0 Å². The lowest BCUT2D eigenvalue weighted by molar-refractivity contribution is -0.133. The molecule has 0 aromatic carbocycles. The number of rotatable bonds is 3. The summed E-state index contributed by atoms with van der Waals surface area (Å²) in [6.07, 6.45) is 4.72. The normalized spacial score (nSPS) is 18.3. The molecular formula is C16H23N5O3. The van der Waals surface area contributed by atoms with Gasteiger partial charge in [-0.3, -0.25) is 18.7 Å². The molecule has 0 saturated carbocycles. The lowest BCUT2D eigenvalue weighted by Crippen LogP contribution is -2.42. The summed E-state index contributed by atoms with van der Waals surface area (Å²) in [6, 6.07) is 0. The summed E-state index contributed by atoms with van der Waals surface area (Å²) >= 11 is 0. The number of nitrogens with zero attached hydrogens (tertiary/aromatic N) is 5. The molecule has 1 fully saturated rings. The molecule has 0 bridgehead atoms. The van der Waals surface area contributed by atoms with Crippen LogP contribution in [-0.4, -0.2) is 42.6 Å². The molecule has 1 atom stereocenters. The van der Waals surface area contributed by atoms with E-state index >= 15 is 0 Å². The van der Waals surface area contributed by atoms with E-state index in [1.165, 1.54) is 17.9 Å². The summed E-state index contributed by atoms with van der Waals surface area (Å²) in [5, 5.41) is 0. The van der Waals surface area contributed by atoms with E-state index in [1.807, 2.05) is 4.90 Å². The fraction of sp³-hybridized carbons (Fsp3) is 0.625. The minimum absolute atomic E-state index is 0.0108. The molecule has 1 aliphatic rings. The standard InChI is InChI=1S/C16H23N5O3/c1-4-11-6-5-7-20(8-11)12(22)9-21-10-17-14-13(21)15(23)19(3)16(24)18(14)2/h10-11H,4-9H2,1-3H3/t11-/m1/s1. The molecule has 3 rings (SSSR count). The molecule has 1 saturated heterocycles. The monoisotopic (exact) mass is 333 g/mol. The maximum atomic E-state index is 12.6. The van der Waals surface area contributed by atoms with Crippen molar-refractivity contribution in [2.24, 2.45) is 20.0 Å². The Morgan fingerprint density at radius 3 is 2.75 bits per heavy atom. The lowest BCUT2D eigenvalue weighted by atomic mass is 9.96. The van der Waals surface area contributed by atoms with E-state index in [9.17, 15) is 14.4 Å². The fourth-order valence-corrected chi connectivity index (χ4v) is 3.39. The van der Waals surface area contributed by atoms with Crippen molar-refractivity contribution in [3.05, 3.63) is 27.2 Å². The second kappa shape index (κ2) is 6.26. The number of imidazole rings is 1. The van der Waals surface area contributed by atoms with Crippen LogP contribution in [0.5, 0.6) is 0 Å². The van der Waals surface area contributed by atoms with Crippen molar-refractivity contribution in [3.63, 3.8) is 0 Å². The van der Waals surface area contributed by atoms with Gasteiger partial charge in [0.15, 0.2) is 11.2 Å². The predicted octanol–water partition coefficient (Wildman–Crippen LogP) is 0.0823. The molecule has 1 amide bonds. The summed E-state index contributed by atoms with van der Waals surface area (Å²) in [6.45, 7) is 3.75.